The van der Waals surface area contributed by atoms with Crippen molar-refractivity contribution in [3.8, 4) is 5.88 Å². The van der Waals surface area contributed by atoms with Crippen LogP contribution in [0.3, 0.4) is 0 Å². The Kier molecular flexibility index (Phi) is 3.89. The molecule has 5 nitrogen and oxygen atoms in total. The van der Waals surface area contributed by atoms with Crippen LogP contribution in [0.5, 0.6) is 5.88 Å². The van der Waals surface area contributed by atoms with Crippen molar-refractivity contribution < 1.29 is 4.74 Å². The number of hydrogen-bond donors (Lipinski definition) is 1. The molecule has 1 N–H and O–H groups in total. The molecule has 1 aliphatic rings. The minimum Gasteiger partial charge on any atom is -0.481 e. The van der Waals surface area contributed by atoms with Gasteiger partial charge in [-0.1, -0.05) is 0 Å². The molecule has 0 spiro atoms. The molecule has 1 fully saturated rings. The normalized spacial score (nSPS) is 22.2. The number of aryl methyl sites for hydroxylation is 1. The molecule has 0 amide bonds. The summed E-state index contributed by atoms with van der Waals surface area (Å²) in [5.74, 6) is 1.71. The first-order valence-electron chi connectivity index (χ1n) is 6.22. The lowest BCUT2D eigenvalue weighted by atomic mass is 10.1. The summed E-state index contributed by atoms with van der Waals surface area (Å²) in [6.07, 6.45) is 3.64. The van der Waals surface area contributed by atoms with E-state index in [1.54, 1.807) is 11.8 Å². The van der Waals surface area contributed by atoms with Crippen molar-refractivity contribution in [1.82, 2.24) is 14.7 Å². The van der Waals surface area contributed by atoms with Crippen LogP contribution >= 0.6 is 0 Å². The zero-order chi connectivity index (χ0) is 12.3. The van der Waals surface area contributed by atoms with Crippen LogP contribution < -0.4 is 10.1 Å². The van der Waals surface area contributed by atoms with Gasteiger partial charge in [0, 0.05) is 19.2 Å². The number of ether oxygens (including phenoxy) is 1. The van der Waals surface area contributed by atoms with E-state index in [4.69, 9.17) is 4.74 Å². The van der Waals surface area contributed by atoms with Gasteiger partial charge in [-0.2, -0.15) is 5.10 Å². The van der Waals surface area contributed by atoms with Gasteiger partial charge in [0.05, 0.1) is 7.11 Å². The molecule has 0 aromatic carbocycles. The molecule has 0 saturated carbocycles. The van der Waals surface area contributed by atoms with E-state index in [0.29, 0.717) is 6.04 Å². The van der Waals surface area contributed by atoms with Crippen molar-refractivity contribution in [1.29, 1.82) is 0 Å². The van der Waals surface area contributed by atoms with Gasteiger partial charge < -0.3 is 15.0 Å². The van der Waals surface area contributed by atoms with Gasteiger partial charge >= 0.3 is 0 Å². The number of rotatable bonds is 3. The Hall–Kier alpha value is -1.23. The zero-order valence-electron chi connectivity index (χ0n) is 10.9. The standard InChI is InChI=1S/C12H22N4O/c1-15-7-4-5-10(6-8-15)13-11-9-12(17-3)16(2)14-11/h9-10H,4-8H2,1-3H3,(H,13,14). The van der Waals surface area contributed by atoms with Gasteiger partial charge in [0.1, 0.15) is 0 Å². The summed E-state index contributed by atoms with van der Waals surface area (Å²) < 4.78 is 6.96. The molecule has 2 rings (SSSR count). The first-order chi connectivity index (χ1) is 8.19. The molecule has 0 radical (unpaired) electrons. The minimum atomic E-state index is 0.527. The van der Waals surface area contributed by atoms with Gasteiger partial charge in [-0.05, 0) is 39.4 Å². The second-order valence-corrected chi connectivity index (χ2v) is 4.77. The smallest absolute Gasteiger partial charge is 0.213 e. The monoisotopic (exact) mass is 238 g/mol. The highest BCUT2D eigenvalue weighted by Crippen LogP contribution is 2.19. The summed E-state index contributed by atoms with van der Waals surface area (Å²) in [5, 5.41) is 7.89. The Labute approximate surface area is 103 Å². The molecule has 2 heterocycles. The van der Waals surface area contributed by atoms with Crippen LogP contribution in [0.25, 0.3) is 0 Å². The molecule has 0 bridgehead atoms. The fourth-order valence-corrected chi connectivity index (χ4v) is 2.31. The quantitative estimate of drug-likeness (QED) is 0.862. The molecule has 0 aliphatic carbocycles. The molecule has 1 saturated heterocycles. The van der Waals surface area contributed by atoms with Crippen LogP contribution in [0.1, 0.15) is 19.3 Å². The zero-order valence-corrected chi connectivity index (χ0v) is 10.9. The highest BCUT2D eigenvalue weighted by molar-refractivity contribution is 5.39. The number of aromatic nitrogens is 2. The van der Waals surface area contributed by atoms with Crippen molar-refractivity contribution in [2.45, 2.75) is 25.3 Å². The van der Waals surface area contributed by atoms with Gasteiger partial charge in [-0.15, -0.1) is 0 Å². The lowest BCUT2D eigenvalue weighted by molar-refractivity contribution is 0.348. The third kappa shape index (κ3) is 3.12. The average molecular weight is 238 g/mol. The van der Waals surface area contributed by atoms with E-state index in [0.717, 1.165) is 18.2 Å². The fourth-order valence-electron chi connectivity index (χ4n) is 2.31. The maximum Gasteiger partial charge on any atom is 0.213 e. The molecule has 1 atom stereocenters. The van der Waals surface area contributed by atoms with Gasteiger partial charge in [0.15, 0.2) is 5.82 Å². The summed E-state index contributed by atoms with van der Waals surface area (Å²) in [7, 11) is 5.75. The van der Waals surface area contributed by atoms with Crippen LogP contribution in [-0.2, 0) is 7.05 Å². The minimum absolute atomic E-state index is 0.527. The molecule has 17 heavy (non-hydrogen) atoms. The maximum atomic E-state index is 5.21. The van der Waals surface area contributed by atoms with Crippen LogP contribution in [0.2, 0.25) is 0 Å². The molecule has 96 valence electrons. The second kappa shape index (κ2) is 5.40. The summed E-state index contributed by atoms with van der Waals surface area (Å²) in [5.41, 5.74) is 0. The third-order valence-electron chi connectivity index (χ3n) is 3.35. The SMILES string of the molecule is COc1cc(NC2CCCN(C)CC2)nn1C. The Bertz CT molecular complexity index is 363. The van der Waals surface area contributed by atoms with Crippen molar-refractivity contribution in [2.75, 3.05) is 32.6 Å². The van der Waals surface area contributed by atoms with Crippen molar-refractivity contribution in [3.05, 3.63) is 6.07 Å². The Balaban J connectivity index is 1.95. The summed E-state index contributed by atoms with van der Waals surface area (Å²) in [4.78, 5) is 2.39. The Morgan fingerprint density at radius 2 is 2.18 bits per heavy atom. The van der Waals surface area contributed by atoms with E-state index in [9.17, 15) is 0 Å². The predicted octanol–water partition coefficient (Wildman–Crippen LogP) is 1.32. The first kappa shape index (κ1) is 12.2. The number of anilines is 1. The highest BCUT2D eigenvalue weighted by atomic mass is 16.5. The Morgan fingerprint density at radius 3 is 2.88 bits per heavy atom. The maximum absolute atomic E-state index is 5.21. The summed E-state index contributed by atoms with van der Waals surface area (Å²) in [6.45, 7) is 2.35. The third-order valence-corrected chi connectivity index (χ3v) is 3.35. The topological polar surface area (TPSA) is 42.3 Å². The highest BCUT2D eigenvalue weighted by Gasteiger charge is 2.16. The molecule has 1 aromatic heterocycles. The van der Waals surface area contributed by atoms with Crippen molar-refractivity contribution in [2.24, 2.45) is 7.05 Å². The largest absolute Gasteiger partial charge is 0.481 e. The van der Waals surface area contributed by atoms with Gasteiger partial charge in [0.25, 0.3) is 0 Å². The van der Waals surface area contributed by atoms with E-state index in [1.165, 1.54) is 25.8 Å². The number of methoxy groups -OCH3 is 1. The Morgan fingerprint density at radius 1 is 1.35 bits per heavy atom. The molecule has 1 aromatic rings. The first-order valence-corrected chi connectivity index (χ1v) is 6.22. The second-order valence-electron chi connectivity index (χ2n) is 4.77. The lowest BCUT2D eigenvalue weighted by Crippen LogP contribution is -2.23. The van der Waals surface area contributed by atoms with Crippen LogP contribution in [-0.4, -0.2) is 48.0 Å². The molecule has 1 unspecified atom stereocenters. The van der Waals surface area contributed by atoms with Crippen LogP contribution in [0, 0.1) is 0 Å². The van der Waals surface area contributed by atoms with E-state index in [-0.39, 0.29) is 0 Å². The van der Waals surface area contributed by atoms with Gasteiger partial charge in [0.2, 0.25) is 5.88 Å². The molecular formula is C12H22N4O. The van der Waals surface area contributed by atoms with Gasteiger partial charge in [-0.25, -0.2) is 4.68 Å². The van der Waals surface area contributed by atoms with E-state index in [1.807, 2.05) is 13.1 Å². The van der Waals surface area contributed by atoms with E-state index < -0.39 is 0 Å². The molecular weight excluding hydrogens is 216 g/mol. The number of likely N-dealkylation sites (tertiary alicyclic amines) is 1. The number of hydrogen-bond acceptors (Lipinski definition) is 4. The number of nitrogens with zero attached hydrogens (tertiary/aromatic N) is 3. The fraction of sp³-hybridized carbons (Fsp3) is 0.750. The van der Waals surface area contributed by atoms with E-state index >= 15 is 0 Å². The van der Waals surface area contributed by atoms with E-state index in [2.05, 4.69) is 22.4 Å². The van der Waals surface area contributed by atoms with Crippen LogP contribution in [0.4, 0.5) is 5.82 Å². The molecule has 1 aliphatic heterocycles. The lowest BCUT2D eigenvalue weighted by Gasteiger charge is -2.15. The predicted molar refractivity (Wildman–Crippen MR) is 68.5 cm³/mol. The van der Waals surface area contributed by atoms with Gasteiger partial charge in [-0.3, -0.25) is 0 Å². The summed E-state index contributed by atoms with van der Waals surface area (Å²) in [6, 6.07) is 2.48. The average Bonchev–Trinajstić information content (AvgIpc) is 2.52. The number of nitrogens with one attached hydrogen (secondary N) is 1. The van der Waals surface area contributed by atoms with Crippen LogP contribution in [0.15, 0.2) is 6.07 Å². The van der Waals surface area contributed by atoms with Crippen molar-refractivity contribution in [3.63, 3.8) is 0 Å². The van der Waals surface area contributed by atoms with Crippen molar-refractivity contribution >= 4 is 5.82 Å². The molecule has 5 heteroatoms. The summed E-state index contributed by atoms with van der Waals surface area (Å²) >= 11 is 0.